The van der Waals surface area contributed by atoms with Crippen molar-refractivity contribution >= 4 is 6.03 Å². The molecule has 0 bridgehead atoms. The first-order valence-electron chi connectivity index (χ1n) is 7.35. The summed E-state index contributed by atoms with van der Waals surface area (Å²) in [4.78, 5) is 16.1. The summed E-state index contributed by atoms with van der Waals surface area (Å²) in [6, 6.07) is 0.576. The summed E-state index contributed by atoms with van der Waals surface area (Å²) in [6.45, 7) is 13.6. The van der Waals surface area contributed by atoms with E-state index in [1.165, 1.54) is 0 Å². The van der Waals surface area contributed by atoms with Crippen LogP contribution in [0.4, 0.5) is 4.79 Å². The van der Waals surface area contributed by atoms with Crippen LogP contribution < -0.4 is 5.32 Å². The molecule has 0 spiro atoms. The zero-order chi connectivity index (χ0) is 13.5. The van der Waals surface area contributed by atoms with Gasteiger partial charge in [-0.15, -0.1) is 0 Å². The molecule has 0 saturated carbocycles. The molecule has 0 aliphatic carbocycles. The number of likely N-dealkylation sites (N-methyl/N-ethyl adjacent to an activating group) is 1. The van der Waals surface area contributed by atoms with E-state index in [-0.39, 0.29) is 6.03 Å². The summed E-state index contributed by atoms with van der Waals surface area (Å²) in [5.41, 5.74) is 0. The van der Waals surface area contributed by atoms with Crippen molar-refractivity contribution in [2.45, 2.75) is 46.6 Å². The van der Waals surface area contributed by atoms with Crippen molar-refractivity contribution in [1.29, 1.82) is 0 Å². The van der Waals surface area contributed by atoms with Crippen LogP contribution in [0.5, 0.6) is 0 Å². The van der Waals surface area contributed by atoms with Crippen LogP contribution in [0.1, 0.15) is 40.5 Å². The second-order valence-electron chi connectivity index (χ2n) is 5.53. The second kappa shape index (κ2) is 7.62. The predicted octanol–water partition coefficient (Wildman–Crippen LogP) is 2.16. The number of nitrogens with one attached hydrogen (secondary N) is 1. The van der Waals surface area contributed by atoms with Crippen LogP contribution in [0.3, 0.4) is 0 Å². The van der Waals surface area contributed by atoms with E-state index in [0.717, 1.165) is 45.6 Å². The summed E-state index contributed by atoms with van der Waals surface area (Å²) in [5, 5.41) is 3.08. The van der Waals surface area contributed by atoms with E-state index in [1.807, 2.05) is 4.90 Å². The van der Waals surface area contributed by atoms with Gasteiger partial charge in [-0.05, 0) is 31.8 Å². The maximum absolute atomic E-state index is 11.8. The molecular formula is C14H29N3O. The Hall–Kier alpha value is -0.770. The molecule has 0 unspecified atom stereocenters. The van der Waals surface area contributed by atoms with Crippen LogP contribution in [0.2, 0.25) is 0 Å². The average Bonchev–Trinajstić information content (AvgIpc) is 2.24. The lowest BCUT2D eigenvalue weighted by atomic mass is 10.0. The molecule has 106 valence electrons. The Balaban J connectivity index is 2.41. The number of hydrogen-bond donors (Lipinski definition) is 1. The Morgan fingerprint density at radius 2 is 1.89 bits per heavy atom. The molecule has 0 aromatic rings. The SMILES string of the molecule is CCN(CC)[C@H](CNC(=O)N1CCC1)CC(C)C. The summed E-state index contributed by atoms with van der Waals surface area (Å²) in [7, 11) is 0. The van der Waals surface area contributed by atoms with E-state index in [9.17, 15) is 4.79 Å². The van der Waals surface area contributed by atoms with Crippen LogP contribution in [-0.4, -0.2) is 54.6 Å². The van der Waals surface area contributed by atoms with E-state index in [2.05, 4.69) is 37.9 Å². The fourth-order valence-electron chi connectivity index (χ4n) is 2.48. The Kier molecular flexibility index (Phi) is 6.47. The van der Waals surface area contributed by atoms with E-state index < -0.39 is 0 Å². The van der Waals surface area contributed by atoms with E-state index >= 15 is 0 Å². The molecule has 1 fully saturated rings. The molecule has 1 atom stereocenters. The van der Waals surface area contributed by atoms with Gasteiger partial charge in [-0.2, -0.15) is 0 Å². The van der Waals surface area contributed by atoms with Crippen molar-refractivity contribution in [3.8, 4) is 0 Å². The van der Waals surface area contributed by atoms with Gasteiger partial charge in [0.1, 0.15) is 0 Å². The number of carbonyl (C=O) groups excluding carboxylic acids is 1. The largest absolute Gasteiger partial charge is 0.336 e. The minimum absolute atomic E-state index is 0.113. The fraction of sp³-hybridized carbons (Fsp3) is 0.929. The van der Waals surface area contributed by atoms with Crippen molar-refractivity contribution in [1.82, 2.24) is 15.1 Å². The number of nitrogens with zero attached hydrogens (tertiary/aromatic N) is 2. The Morgan fingerprint density at radius 3 is 2.28 bits per heavy atom. The highest BCUT2D eigenvalue weighted by atomic mass is 16.2. The lowest BCUT2D eigenvalue weighted by molar-refractivity contribution is 0.154. The number of carbonyl (C=O) groups is 1. The van der Waals surface area contributed by atoms with Gasteiger partial charge in [-0.1, -0.05) is 27.7 Å². The van der Waals surface area contributed by atoms with Crippen molar-refractivity contribution < 1.29 is 4.79 Å². The topological polar surface area (TPSA) is 35.6 Å². The molecule has 0 aromatic carbocycles. The molecule has 1 rings (SSSR count). The van der Waals surface area contributed by atoms with Gasteiger partial charge in [-0.25, -0.2) is 4.79 Å². The fourth-order valence-corrected chi connectivity index (χ4v) is 2.48. The number of urea groups is 1. The zero-order valence-electron chi connectivity index (χ0n) is 12.4. The number of amides is 2. The molecule has 1 aliphatic rings. The Bertz CT molecular complexity index is 247. The zero-order valence-corrected chi connectivity index (χ0v) is 12.4. The molecule has 1 N–H and O–H groups in total. The normalized spacial score (nSPS) is 16.9. The number of rotatable bonds is 7. The molecule has 0 aromatic heterocycles. The first-order chi connectivity index (χ1) is 8.58. The Labute approximate surface area is 112 Å². The average molecular weight is 255 g/mol. The molecular weight excluding hydrogens is 226 g/mol. The van der Waals surface area contributed by atoms with Gasteiger partial charge in [0.2, 0.25) is 0 Å². The third-order valence-electron chi connectivity index (χ3n) is 3.70. The number of likely N-dealkylation sites (tertiary alicyclic amines) is 1. The molecule has 1 saturated heterocycles. The summed E-state index contributed by atoms with van der Waals surface area (Å²) >= 11 is 0. The van der Waals surface area contributed by atoms with Crippen LogP contribution in [0, 0.1) is 5.92 Å². The third kappa shape index (κ3) is 4.48. The van der Waals surface area contributed by atoms with Crippen molar-refractivity contribution in [3.63, 3.8) is 0 Å². The maximum Gasteiger partial charge on any atom is 0.317 e. The van der Waals surface area contributed by atoms with E-state index in [4.69, 9.17) is 0 Å². The van der Waals surface area contributed by atoms with E-state index in [0.29, 0.717) is 12.0 Å². The molecule has 4 heteroatoms. The van der Waals surface area contributed by atoms with Crippen LogP contribution in [0.25, 0.3) is 0 Å². The minimum atomic E-state index is 0.113. The summed E-state index contributed by atoms with van der Waals surface area (Å²) in [6.07, 6.45) is 2.29. The first-order valence-corrected chi connectivity index (χ1v) is 7.35. The number of hydrogen-bond acceptors (Lipinski definition) is 2. The van der Waals surface area contributed by atoms with Gasteiger partial charge in [0, 0.05) is 25.7 Å². The Morgan fingerprint density at radius 1 is 1.28 bits per heavy atom. The molecule has 1 aliphatic heterocycles. The minimum Gasteiger partial charge on any atom is -0.336 e. The second-order valence-corrected chi connectivity index (χ2v) is 5.53. The molecule has 4 nitrogen and oxygen atoms in total. The van der Waals surface area contributed by atoms with E-state index in [1.54, 1.807) is 0 Å². The monoisotopic (exact) mass is 255 g/mol. The molecule has 18 heavy (non-hydrogen) atoms. The first kappa shape index (κ1) is 15.3. The van der Waals surface area contributed by atoms with Gasteiger partial charge in [0.15, 0.2) is 0 Å². The third-order valence-corrected chi connectivity index (χ3v) is 3.70. The van der Waals surface area contributed by atoms with Crippen molar-refractivity contribution in [3.05, 3.63) is 0 Å². The highest BCUT2D eigenvalue weighted by Crippen LogP contribution is 2.11. The molecule has 0 radical (unpaired) electrons. The van der Waals surface area contributed by atoms with Gasteiger partial charge < -0.3 is 10.2 Å². The van der Waals surface area contributed by atoms with Gasteiger partial charge in [0.25, 0.3) is 0 Å². The smallest absolute Gasteiger partial charge is 0.317 e. The van der Waals surface area contributed by atoms with Gasteiger partial charge >= 0.3 is 6.03 Å². The summed E-state index contributed by atoms with van der Waals surface area (Å²) in [5.74, 6) is 0.663. The lowest BCUT2D eigenvalue weighted by Crippen LogP contribution is -2.51. The lowest BCUT2D eigenvalue weighted by Gasteiger charge is -2.34. The molecule has 1 heterocycles. The van der Waals surface area contributed by atoms with Gasteiger partial charge in [0.05, 0.1) is 0 Å². The van der Waals surface area contributed by atoms with Crippen LogP contribution in [0.15, 0.2) is 0 Å². The summed E-state index contributed by atoms with van der Waals surface area (Å²) < 4.78 is 0. The predicted molar refractivity (Wildman–Crippen MR) is 75.8 cm³/mol. The highest BCUT2D eigenvalue weighted by Gasteiger charge is 2.22. The highest BCUT2D eigenvalue weighted by molar-refractivity contribution is 5.74. The quantitative estimate of drug-likeness (QED) is 0.756. The van der Waals surface area contributed by atoms with Crippen molar-refractivity contribution in [2.75, 3.05) is 32.7 Å². The van der Waals surface area contributed by atoms with Crippen molar-refractivity contribution in [2.24, 2.45) is 5.92 Å². The standard InChI is InChI=1S/C14H29N3O/c1-5-16(6-2)13(10-12(3)4)11-15-14(18)17-8-7-9-17/h12-13H,5-11H2,1-4H3,(H,15,18)/t13-/m0/s1. The van der Waals surface area contributed by atoms with Crippen LogP contribution >= 0.6 is 0 Å². The maximum atomic E-state index is 11.8. The van der Waals surface area contributed by atoms with Gasteiger partial charge in [-0.3, -0.25) is 4.90 Å². The van der Waals surface area contributed by atoms with Crippen LogP contribution in [-0.2, 0) is 0 Å². The molecule has 2 amide bonds.